The van der Waals surface area contributed by atoms with Crippen molar-refractivity contribution in [2.45, 2.75) is 38.3 Å². The van der Waals surface area contributed by atoms with Gasteiger partial charge in [0.2, 0.25) is 5.91 Å². The van der Waals surface area contributed by atoms with E-state index < -0.39 is 0 Å². The highest BCUT2D eigenvalue weighted by molar-refractivity contribution is 5.85. The number of nitrogens with one attached hydrogen (secondary N) is 1. The summed E-state index contributed by atoms with van der Waals surface area (Å²) in [6.45, 7) is 5.52. The van der Waals surface area contributed by atoms with E-state index >= 15 is 0 Å². The molecule has 2 aliphatic rings. The first-order chi connectivity index (χ1) is 7.27. The van der Waals surface area contributed by atoms with E-state index in [0.29, 0.717) is 25.2 Å². The van der Waals surface area contributed by atoms with E-state index in [-0.39, 0.29) is 18.3 Å². The highest BCUT2D eigenvalue weighted by Crippen LogP contribution is 2.17. The van der Waals surface area contributed by atoms with Crippen LogP contribution < -0.4 is 5.32 Å². The van der Waals surface area contributed by atoms with Gasteiger partial charge < -0.3 is 15.0 Å². The standard InChI is InChI=1S/C11H20N2O2.ClH/c1-9-3-2-5-13(9)11(14)4-6-15-10-7-12-8-10;/h9-10,12H,2-8H2,1H3;1H. The lowest BCUT2D eigenvalue weighted by molar-refractivity contribution is -0.133. The van der Waals surface area contributed by atoms with Crippen molar-refractivity contribution in [3.63, 3.8) is 0 Å². The van der Waals surface area contributed by atoms with Crippen LogP contribution in [-0.4, -0.2) is 49.2 Å². The van der Waals surface area contributed by atoms with Gasteiger partial charge in [0, 0.05) is 25.7 Å². The van der Waals surface area contributed by atoms with Gasteiger partial charge in [0.05, 0.1) is 19.1 Å². The Kier molecular flexibility index (Phi) is 5.52. The van der Waals surface area contributed by atoms with Gasteiger partial charge in [-0.1, -0.05) is 0 Å². The number of nitrogens with zero attached hydrogens (tertiary/aromatic N) is 1. The Labute approximate surface area is 103 Å². The molecule has 0 spiro atoms. The fourth-order valence-electron chi connectivity index (χ4n) is 2.14. The lowest BCUT2D eigenvalue weighted by Crippen LogP contribution is -2.48. The summed E-state index contributed by atoms with van der Waals surface area (Å²) in [5.41, 5.74) is 0. The number of carbonyl (C=O) groups excluding carboxylic acids is 1. The van der Waals surface area contributed by atoms with E-state index in [1.807, 2.05) is 4.90 Å². The zero-order valence-corrected chi connectivity index (χ0v) is 10.6. The molecule has 0 radical (unpaired) electrons. The second kappa shape index (κ2) is 6.42. The second-order valence-corrected chi connectivity index (χ2v) is 4.48. The van der Waals surface area contributed by atoms with Gasteiger partial charge in [-0.15, -0.1) is 12.4 Å². The van der Waals surface area contributed by atoms with Crippen LogP contribution in [0.1, 0.15) is 26.2 Å². The number of ether oxygens (including phenoxy) is 1. The summed E-state index contributed by atoms with van der Waals surface area (Å²) in [5.74, 6) is 0.257. The van der Waals surface area contributed by atoms with Crippen molar-refractivity contribution in [1.29, 1.82) is 0 Å². The Morgan fingerprint density at radius 3 is 2.75 bits per heavy atom. The van der Waals surface area contributed by atoms with Crippen LogP contribution in [0, 0.1) is 0 Å². The molecule has 2 heterocycles. The molecule has 2 saturated heterocycles. The molecule has 2 rings (SSSR count). The number of hydrogen-bond donors (Lipinski definition) is 1. The van der Waals surface area contributed by atoms with E-state index in [0.717, 1.165) is 32.5 Å². The van der Waals surface area contributed by atoms with Gasteiger partial charge >= 0.3 is 0 Å². The average molecular weight is 249 g/mol. The molecule has 1 amide bonds. The van der Waals surface area contributed by atoms with Crippen molar-refractivity contribution in [2.24, 2.45) is 0 Å². The summed E-state index contributed by atoms with van der Waals surface area (Å²) in [5, 5.41) is 3.14. The molecule has 0 aliphatic carbocycles. The number of amides is 1. The van der Waals surface area contributed by atoms with E-state index in [2.05, 4.69) is 12.2 Å². The Balaban J connectivity index is 0.00000128. The summed E-state index contributed by atoms with van der Waals surface area (Å²) in [6.07, 6.45) is 3.19. The minimum atomic E-state index is 0. The highest BCUT2D eigenvalue weighted by atomic mass is 35.5. The number of carbonyl (C=O) groups is 1. The Bertz CT molecular complexity index is 234. The van der Waals surface area contributed by atoms with Crippen molar-refractivity contribution in [3.05, 3.63) is 0 Å². The molecule has 0 bridgehead atoms. The number of halogens is 1. The monoisotopic (exact) mass is 248 g/mol. The molecule has 0 saturated carbocycles. The molecular formula is C11H21ClN2O2. The largest absolute Gasteiger partial charge is 0.375 e. The molecule has 2 fully saturated rings. The van der Waals surface area contributed by atoms with Crippen LogP contribution in [-0.2, 0) is 9.53 Å². The highest BCUT2D eigenvalue weighted by Gasteiger charge is 2.25. The zero-order valence-electron chi connectivity index (χ0n) is 9.78. The van der Waals surface area contributed by atoms with Gasteiger partial charge in [-0.2, -0.15) is 0 Å². The molecule has 94 valence electrons. The maximum atomic E-state index is 11.8. The Hall–Kier alpha value is -0.320. The van der Waals surface area contributed by atoms with E-state index in [1.54, 1.807) is 0 Å². The van der Waals surface area contributed by atoms with Gasteiger partial charge in [0.25, 0.3) is 0 Å². The fourth-order valence-corrected chi connectivity index (χ4v) is 2.14. The number of likely N-dealkylation sites (tertiary alicyclic amines) is 1. The van der Waals surface area contributed by atoms with E-state index in [4.69, 9.17) is 4.74 Å². The van der Waals surface area contributed by atoms with Crippen molar-refractivity contribution in [1.82, 2.24) is 10.2 Å². The van der Waals surface area contributed by atoms with Gasteiger partial charge in [0.1, 0.15) is 0 Å². The molecule has 4 nitrogen and oxygen atoms in total. The predicted octanol–water partition coefficient (Wildman–Crippen LogP) is 0.798. The third-order valence-electron chi connectivity index (χ3n) is 3.29. The molecule has 0 aromatic heterocycles. The van der Waals surface area contributed by atoms with Gasteiger partial charge in [0.15, 0.2) is 0 Å². The first-order valence-corrected chi connectivity index (χ1v) is 5.89. The minimum Gasteiger partial charge on any atom is -0.375 e. The topological polar surface area (TPSA) is 41.6 Å². The SMILES string of the molecule is CC1CCCN1C(=O)CCOC1CNC1.Cl. The number of hydrogen-bond acceptors (Lipinski definition) is 3. The molecule has 2 aliphatic heterocycles. The lowest BCUT2D eigenvalue weighted by Gasteiger charge is -2.27. The van der Waals surface area contributed by atoms with Crippen LogP contribution in [0.4, 0.5) is 0 Å². The third-order valence-corrected chi connectivity index (χ3v) is 3.29. The normalized spacial score (nSPS) is 25.1. The van der Waals surface area contributed by atoms with E-state index in [1.165, 1.54) is 0 Å². The first-order valence-electron chi connectivity index (χ1n) is 5.89. The molecule has 1 N–H and O–H groups in total. The van der Waals surface area contributed by atoms with E-state index in [9.17, 15) is 4.79 Å². The van der Waals surface area contributed by atoms with Crippen LogP contribution in [0.15, 0.2) is 0 Å². The quantitative estimate of drug-likeness (QED) is 0.800. The summed E-state index contributed by atoms with van der Waals surface area (Å²) >= 11 is 0. The van der Waals surface area contributed by atoms with Crippen LogP contribution in [0.3, 0.4) is 0 Å². The first kappa shape index (κ1) is 13.7. The van der Waals surface area contributed by atoms with Crippen molar-refractivity contribution < 1.29 is 9.53 Å². The van der Waals surface area contributed by atoms with Crippen LogP contribution in [0.25, 0.3) is 0 Å². The summed E-state index contributed by atoms with van der Waals surface area (Å²) < 4.78 is 5.53. The van der Waals surface area contributed by atoms with Gasteiger partial charge in [-0.3, -0.25) is 4.79 Å². The summed E-state index contributed by atoms with van der Waals surface area (Å²) in [7, 11) is 0. The van der Waals surface area contributed by atoms with Crippen molar-refractivity contribution in [2.75, 3.05) is 26.2 Å². The molecule has 1 atom stereocenters. The second-order valence-electron chi connectivity index (χ2n) is 4.48. The summed E-state index contributed by atoms with van der Waals surface area (Å²) in [4.78, 5) is 13.8. The van der Waals surface area contributed by atoms with Crippen molar-refractivity contribution in [3.8, 4) is 0 Å². The molecular weight excluding hydrogens is 228 g/mol. The number of rotatable bonds is 4. The average Bonchev–Trinajstić information content (AvgIpc) is 2.55. The van der Waals surface area contributed by atoms with Gasteiger partial charge in [-0.05, 0) is 19.8 Å². The summed E-state index contributed by atoms with van der Waals surface area (Å²) in [6, 6.07) is 0.433. The van der Waals surface area contributed by atoms with Crippen molar-refractivity contribution >= 4 is 18.3 Å². The molecule has 0 aromatic rings. The Morgan fingerprint density at radius 2 is 2.25 bits per heavy atom. The minimum absolute atomic E-state index is 0. The predicted molar refractivity (Wildman–Crippen MR) is 64.9 cm³/mol. The smallest absolute Gasteiger partial charge is 0.225 e. The molecule has 16 heavy (non-hydrogen) atoms. The van der Waals surface area contributed by atoms with Crippen LogP contribution in [0.2, 0.25) is 0 Å². The van der Waals surface area contributed by atoms with Crippen LogP contribution >= 0.6 is 12.4 Å². The fraction of sp³-hybridized carbons (Fsp3) is 0.909. The zero-order chi connectivity index (χ0) is 10.7. The lowest BCUT2D eigenvalue weighted by atomic mass is 10.2. The third kappa shape index (κ3) is 3.34. The maximum Gasteiger partial charge on any atom is 0.225 e. The maximum absolute atomic E-state index is 11.8. The molecule has 1 unspecified atom stereocenters. The van der Waals surface area contributed by atoms with Gasteiger partial charge in [-0.25, -0.2) is 0 Å². The van der Waals surface area contributed by atoms with Crippen LogP contribution in [0.5, 0.6) is 0 Å². The molecule has 5 heteroatoms. The molecule has 0 aromatic carbocycles. The Morgan fingerprint density at radius 1 is 1.50 bits per heavy atom.